The van der Waals surface area contributed by atoms with Crippen molar-refractivity contribution >= 4 is 5.91 Å². The lowest BCUT2D eigenvalue weighted by molar-refractivity contribution is -0.119. The molecule has 24 heavy (non-hydrogen) atoms. The molecule has 0 heterocycles. The average molecular weight is 325 g/mol. The summed E-state index contributed by atoms with van der Waals surface area (Å²) >= 11 is 0. The summed E-state index contributed by atoms with van der Waals surface area (Å²) in [5.41, 5.74) is 1.59. The van der Waals surface area contributed by atoms with Gasteiger partial charge in [0.05, 0.1) is 6.10 Å². The standard InChI is InChI=1S/C21H27NO2/c1-4-20(24)21(15-16(2)22-17(3)23,18-11-7-5-8-12-18)19-13-9-6-10-14-19/h5-14,16,20,24H,4,15H2,1-3H3,(H,22,23). The Hall–Kier alpha value is -2.13. The first-order valence-electron chi connectivity index (χ1n) is 8.57. The second-order valence-corrected chi connectivity index (χ2v) is 6.43. The van der Waals surface area contributed by atoms with E-state index in [2.05, 4.69) is 29.6 Å². The summed E-state index contributed by atoms with van der Waals surface area (Å²) < 4.78 is 0. The van der Waals surface area contributed by atoms with E-state index in [1.54, 1.807) is 0 Å². The van der Waals surface area contributed by atoms with E-state index in [9.17, 15) is 9.90 Å². The van der Waals surface area contributed by atoms with Gasteiger partial charge in [-0.05, 0) is 30.9 Å². The molecule has 0 fully saturated rings. The predicted molar refractivity (Wildman–Crippen MR) is 97.9 cm³/mol. The SMILES string of the molecule is CCC(O)C(CC(C)NC(C)=O)(c1ccccc1)c1ccccc1. The first-order chi connectivity index (χ1) is 11.5. The van der Waals surface area contributed by atoms with Crippen LogP contribution in [0.4, 0.5) is 0 Å². The second-order valence-electron chi connectivity index (χ2n) is 6.43. The molecule has 0 spiro atoms. The molecule has 0 radical (unpaired) electrons. The fourth-order valence-electron chi connectivity index (χ4n) is 3.62. The summed E-state index contributed by atoms with van der Waals surface area (Å²) in [6, 6.07) is 20.2. The monoisotopic (exact) mass is 325 g/mol. The van der Waals surface area contributed by atoms with Crippen LogP contribution in [0.25, 0.3) is 0 Å². The molecule has 2 unspecified atom stereocenters. The molecule has 0 aliphatic heterocycles. The zero-order valence-electron chi connectivity index (χ0n) is 14.7. The molecule has 2 rings (SSSR count). The lowest BCUT2D eigenvalue weighted by Crippen LogP contribution is -2.46. The Morgan fingerprint density at radius 3 is 1.88 bits per heavy atom. The van der Waals surface area contributed by atoms with Crippen LogP contribution in [0, 0.1) is 0 Å². The van der Waals surface area contributed by atoms with Crippen molar-refractivity contribution in [2.45, 2.75) is 51.2 Å². The van der Waals surface area contributed by atoms with Gasteiger partial charge in [-0.1, -0.05) is 67.6 Å². The second kappa shape index (κ2) is 8.11. The highest BCUT2D eigenvalue weighted by molar-refractivity contribution is 5.73. The highest BCUT2D eigenvalue weighted by Crippen LogP contribution is 2.41. The van der Waals surface area contributed by atoms with Gasteiger partial charge in [-0.2, -0.15) is 0 Å². The number of rotatable bonds is 7. The van der Waals surface area contributed by atoms with Crippen molar-refractivity contribution in [3.05, 3.63) is 71.8 Å². The molecule has 0 saturated carbocycles. The first kappa shape index (κ1) is 18.2. The molecule has 0 aromatic heterocycles. The maximum Gasteiger partial charge on any atom is 0.217 e. The third-order valence-corrected chi connectivity index (χ3v) is 4.61. The molecule has 2 aromatic rings. The van der Waals surface area contributed by atoms with Crippen molar-refractivity contribution < 1.29 is 9.90 Å². The Morgan fingerprint density at radius 2 is 1.50 bits per heavy atom. The Bertz CT molecular complexity index is 600. The number of amides is 1. The van der Waals surface area contributed by atoms with E-state index in [1.807, 2.05) is 50.2 Å². The van der Waals surface area contributed by atoms with Crippen LogP contribution in [0.3, 0.4) is 0 Å². The van der Waals surface area contributed by atoms with Crippen LogP contribution < -0.4 is 5.32 Å². The van der Waals surface area contributed by atoms with E-state index in [0.29, 0.717) is 12.8 Å². The topological polar surface area (TPSA) is 49.3 Å². The van der Waals surface area contributed by atoms with Gasteiger partial charge in [0.15, 0.2) is 0 Å². The van der Waals surface area contributed by atoms with Crippen LogP contribution in [0.2, 0.25) is 0 Å². The zero-order valence-corrected chi connectivity index (χ0v) is 14.7. The maximum atomic E-state index is 11.5. The molecular weight excluding hydrogens is 298 g/mol. The lowest BCUT2D eigenvalue weighted by Gasteiger charge is -2.41. The van der Waals surface area contributed by atoms with Crippen molar-refractivity contribution in [1.29, 1.82) is 0 Å². The first-order valence-corrected chi connectivity index (χ1v) is 8.57. The van der Waals surface area contributed by atoms with E-state index in [1.165, 1.54) is 6.92 Å². The summed E-state index contributed by atoms with van der Waals surface area (Å²) in [4.78, 5) is 11.5. The third-order valence-electron chi connectivity index (χ3n) is 4.61. The number of aliphatic hydroxyl groups excluding tert-OH is 1. The van der Waals surface area contributed by atoms with Gasteiger partial charge >= 0.3 is 0 Å². The number of nitrogens with one attached hydrogen (secondary N) is 1. The lowest BCUT2D eigenvalue weighted by atomic mass is 9.66. The number of hydrogen-bond acceptors (Lipinski definition) is 2. The molecule has 0 bridgehead atoms. The van der Waals surface area contributed by atoms with Crippen LogP contribution in [-0.4, -0.2) is 23.2 Å². The number of hydrogen-bond donors (Lipinski definition) is 2. The highest BCUT2D eigenvalue weighted by atomic mass is 16.3. The Morgan fingerprint density at radius 1 is 1.04 bits per heavy atom. The fraction of sp³-hybridized carbons (Fsp3) is 0.381. The van der Waals surface area contributed by atoms with Crippen molar-refractivity contribution in [3.8, 4) is 0 Å². The number of carbonyl (C=O) groups is 1. The molecule has 0 saturated heterocycles. The average Bonchev–Trinajstić information content (AvgIpc) is 2.60. The van der Waals surface area contributed by atoms with E-state index in [0.717, 1.165) is 11.1 Å². The van der Waals surface area contributed by atoms with Crippen molar-refractivity contribution in [3.63, 3.8) is 0 Å². The van der Waals surface area contributed by atoms with Crippen LogP contribution >= 0.6 is 0 Å². The molecule has 0 aliphatic carbocycles. The summed E-state index contributed by atoms with van der Waals surface area (Å²) in [6.45, 7) is 5.51. The summed E-state index contributed by atoms with van der Waals surface area (Å²) in [5.74, 6) is -0.0523. The van der Waals surface area contributed by atoms with Crippen molar-refractivity contribution in [2.24, 2.45) is 0 Å². The van der Waals surface area contributed by atoms with E-state index in [-0.39, 0.29) is 11.9 Å². The fourth-order valence-corrected chi connectivity index (χ4v) is 3.62. The maximum absolute atomic E-state index is 11.5. The smallest absolute Gasteiger partial charge is 0.217 e. The van der Waals surface area contributed by atoms with Gasteiger partial charge < -0.3 is 10.4 Å². The van der Waals surface area contributed by atoms with E-state index in [4.69, 9.17) is 0 Å². The largest absolute Gasteiger partial charge is 0.392 e. The minimum atomic E-state index is -0.556. The Labute approximate surface area is 144 Å². The molecule has 2 N–H and O–H groups in total. The molecular formula is C21H27NO2. The minimum Gasteiger partial charge on any atom is -0.392 e. The molecule has 1 amide bonds. The minimum absolute atomic E-state index is 0.0517. The summed E-state index contributed by atoms with van der Waals surface area (Å²) in [7, 11) is 0. The Kier molecular flexibility index (Phi) is 6.16. The van der Waals surface area contributed by atoms with Crippen molar-refractivity contribution in [2.75, 3.05) is 0 Å². The van der Waals surface area contributed by atoms with Gasteiger partial charge in [0, 0.05) is 18.4 Å². The summed E-state index contributed by atoms with van der Waals surface area (Å²) in [6.07, 6.45) is 0.727. The van der Waals surface area contributed by atoms with Crippen LogP contribution in [0.1, 0.15) is 44.7 Å². The molecule has 3 nitrogen and oxygen atoms in total. The predicted octanol–water partition coefficient (Wildman–Crippen LogP) is 3.66. The van der Waals surface area contributed by atoms with Crippen LogP contribution in [0.15, 0.2) is 60.7 Å². The number of aliphatic hydroxyl groups is 1. The van der Waals surface area contributed by atoms with Gasteiger partial charge in [0.25, 0.3) is 0 Å². The molecule has 0 aliphatic rings. The molecule has 128 valence electrons. The van der Waals surface area contributed by atoms with Gasteiger partial charge in [-0.15, -0.1) is 0 Å². The molecule has 2 aromatic carbocycles. The van der Waals surface area contributed by atoms with E-state index < -0.39 is 11.5 Å². The Balaban J connectivity index is 2.58. The quantitative estimate of drug-likeness (QED) is 0.816. The summed E-state index contributed by atoms with van der Waals surface area (Å²) in [5, 5.41) is 14.0. The highest BCUT2D eigenvalue weighted by Gasteiger charge is 2.41. The van der Waals surface area contributed by atoms with Gasteiger partial charge in [-0.25, -0.2) is 0 Å². The van der Waals surface area contributed by atoms with Gasteiger partial charge in [0.2, 0.25) is 5.91 Å². The number of carbonyl (C=O) groups excluding carboxylic acids is 1. The molecule has 2 atom stereocenters. The number of benzene rings is 2. The van der Waals surface area contributed by atoms with E-state index >= 15 is 0 Å². The zero-order chi connectivity index (χ0) is 17.6. The van der Waals surface area contributed by atoms with Crippen LogP contribution in [-0.2, 0) is 10.2 Å². The third kappa shape index (κ3) is 3.85. The normalized spacial score (nSPS) is 14.0. The van der Waals surface area contributed by atoms with Crippen molar-refractivity contribution in [1.82, 2.24) is 5.32 Å². The van der Waals surface area contributed by atoms with Gasteiger partial charge in [-0.3, -0.25) is 4.79 Å². The van der Waals surface area contributed by atoms with Crippen LogP contribution in [0.5, 0.6) is 0 Å². The molecule has 3 heteroatoms. The van der Waals surface area contributed by atoms with Gasteiger partial charge in [0.1, 0.15) is 0 Å².